The first-order valence-electron chi connectivity index (χ1n) is 7.95. The molecule has 0 bridgehead atoms. The van der Waals surface area contributed by atoms with Crippen LogP contribution in [-0.2, 0) is 14.3 Å². The molecule has 3 N–H and O–H groups in total. The number of amides is 3. The molecule has 0 unspecified atom stereocenters. The van der Waals surface area contributed by atoms with E-state index in [-0.39, 0.29) is 11.9 Å². The van der Waals surface area contributed by atoms with Crippen molar-refractivity contribution < 1.29 is 19.1 Å². The van der Waals surface area contributed by atoms with E-state index in [2.05, 4.69) is 5.32 Å². The summed E-state index contributed by atoms with van der Waals surface area (Å²) < 4.78 is 5.11. The number of esters is 1. The molecule has 7 nitrogen and oxygen atoms in total. The SMILES string of the molecule is CSCC[C@H](NC(N)=O)C(=O)OCC(=O)N(c1ccccc1)C(C)C. The topological polar surface area (TPSA) is 102 Å². The fourth-order valence-corrected chi connectivity index (χ4v) is 2.75. The highest BCUT2D eigenvalue weighted by molar-refractivity contribution is 7.98. The number of nitrogens with zero attached hydrogens (tertiary/aromatic N) is 1. The van der Waals surface area contributed by atoms with Gasteiger partial charge in [-0.15, -0.1) is 0 Å². The maximum atomic E-state index is 12.5. The Morgan fingerprint density at radius 1 is 1.24 bits per heavy atom. The van der Waals surface area contributed by atoms with E-state index in [9.17, 15) is 14.4 Å². The second kappa shape index (κ2) is 10.6. The summed E-state index contributed by atoms with van der Waals surface area (Å²) in [6.45, 7) is 3.35. The Hall–Kier alpha value is -2.22. The van der Waals surface area contributed by atoms with E-state index in [1.54, 1.807) is 4.90 Å². The average Bonchev–Trinajstić information content (AvgIpc) is 2.57. The van der Waals surface area contributed by atoms with Crippen LogP contribution in [0, 0.1) is 0 Å². The summed E-state index contributed by atoms with van der Waals surface area (Å²) in [5, 5.41) is 2.35. The predicted octanol–water partition coefficient (Wildman–Crippen LogP) is 1.76. The monoisotopic (exact) mass is 367 g/mol. The maximum absolute atomic E-state index is 12.5. The van der Waals surface area contributed by atoms with Gasteiger partial charge in [0, 0.05) is 11.7 Å². The van der Waals surface area contributed by atoms with Crippen LogP contribution in [0.25, 0.3) is 0 Å². The number of benzene rings is 1. The fraction of sp³-hybridized carbons (Fsp3) is 0.471. The molecule has 3 amide bonds. The number of para-hydroxylation sites is 1. The van der Waals surface area contributed by atoms with Crippen molar-refractivity contribution in [2.24, 2.45) is 5.73 Å². The molecule has 0 saturated heterocycles. The zero-order valence-corrected chi connectivity index (χ0v) is 15.5. The zero-order valence-electron chi connectivity index (χ0n) is 14.7. The van der Waals surface area contributed by atoms with Gasteiger partial charge in [0.1, 0.15) is 6.04 Å². The van der Waals surface area contributed by atoms with Gasteiger partial charge in [-0.05, 0) is 44.4 Å². The standard InChI is InChI=1S/C17H25N3O4S/c1-12(2)20(13-7-5-4-6-8-13)15(21)11-24-16(22)14(9-10-25-3)19-17(18)23/h4-8,12,14H,9-11H2,1-3H3,(H3,18,19,23)/t14-/m0/s1. The van der Waals surface area contributed by atoms with Gasteiger partial charge in [-0.25, -0.2) is 9.59 Å². The number of nitrogens with two attached hydrogens (primary N) is 1. The van der Waals surface area contributed by atoms with Crippen molar-refractivity contribution in [1.29, 1.82) is 0 Å². The third kappa shape index (κ3) is 7.04. The highest BCUT2D eigenvalue weighted by Crippen LogP contribution is 2.16. The number of ether oxygens (including phenoxy) is 1. The lowest BCUT2D eigenvalue weighted by Gasteiger charge is -2.27. The largest absolute Gasteiger partial charge is 0.454 e. The van der Waals surface area contributed by atoms with Crippen LogP contribution in [-0.4, -0.2) is 48.6 Å². The third-order valence-corrected chi connectivity index (χ3v) is 4.01. The van der Waals surface area contributed by atoms with Gasteiger partial charge in [0.05, 0.1) is 0 Å². The molecule has 1 aromatic rings. The summed E-state index contributed by atoms with van der Waals surface area (Å²) in [4.78, 5) is 37.2. The van der Waals surface area contributed by atoms with Crippen molar-refractivity contribution in [1.82, 2.24) is 5.32 Å². The number of nitrogens with one attached hydrogen (secondary N) is 1. The predicted molar refractivity (Wildman–Crippen MR) is 99.5 cm³/mol. The van der Waals surface area contributed by atoms with E-state index in [4.69, 9.17) is 10.5 Å². The molecular weight excluding hydrogens is 342 g/mol. The lowest BCUT2D eigenvalue weighted by molar-refractivity contribution is -0.149. The van der Waals surface area contributed by atoms with Gasteiger partial charge in [0.15, 0.2) is 6.61 Å². The molecule has 0 radical (unpaired) electrons. The number of anilines is 1. The van der Waals surface area contributed by atoms with Crippen molar-refractivity contribution in [3.8, 4) is 0 Å². The second-order valence-electron chi connectivity index (χ2n) is 5.64. The van der Waals surface area contributed by atoms with Crippen LogP contribution < -0.4 is 16.0 Å². The van der Waals surface area contributed by atoms with E-state index in [1.807, 2.05) is 50.4 Å². The third-order valence-electron chi connectivity index (χ3n) is 3.37. The van der Waals surface area contributed by atoms with Crippen LogP contribution in [0.4, 0.5) is 10.5 Å². The van der Waals surface area contributed by atoms with Crippen molar-refractivity contribution in [2.45, 2.75) is 32.4 Å². The summed E-state index contributed by atoms with van der Waals surface area (Å²) in [6.07, 6.45) is 2.26. The molecule has 1 aromatic carbocycles. The van der Waals surface area contributed by atoms with Gasteiger partial charge in [0.25, 0.3) is 5.91 Å². The number of thioether (sulfide) groups is 1. The van der Waals surface area contributed by atoms with Crippen LogP contribution >= 0.6 is 11.8 Å². The lowest BCUT2D eigenvalue weighted by Crippen LogP contribution is -2.46. The highest BCUT2D eigenvalue weighted by Gasteiger charge is 2.24. The molecule has 0 aliphatic heterocycles. The quantitative estimate of drug-likeness (QED) is 0.648. The second-order valence-corrected chi connectivity index (χ2v) is 6.63. The van der Waals surface area contributed by atoms with Crippen molar-refractivity contribution >= 4 is 35.4 Å². The zero-order chi connectivity index (χ0) is 18.8. The minimum absolute atomic E-state index is 0.0929. The molecule has 0 aromatic heterocycles. The molecule has 0 aliphatic rings. The number of urea groups is 1. The molecule has 0 spiro atoms. The van der Waals surface area contributed by atoms with Crippen molar-refractivity contribution in [2.75, 3.05) is 23.5 Å². The number of carbonyl (C=O) groups is 3. The summed E-state index contributed by atoms with van der Waals surface area (Å²) in [7, 11) is 0. The molecule has 0 fully saturated rings. The van der Waals surface area contributed by atoms with E-state index < -0.39 is 24.6 Å². The molecule has 0 heterocycles. The van der Waals surface area contributed by atoms with E-state index in [0.29, 0.717) is 12.2 Å². The van der Waals surface area contributed by atoms with E-state index in [1.165, 1.54) is 11.8 Å². The van der Waals surface area contributed by atoms with Gasteiger partial charge < -0.3 is 20.7 Å². The summed E-state index contributed by atoms with van der Waals surface area (Å²) >= 11 is 1.53. The van der Waals surface area contributed by atoms with Crippen LogP contribution in [0.3, 0.4) is 0 Å². The maximum Gasteiger partial charge on any atom is 0.329 e. The number of hydrogen-bond acceptors (Lipinski definition) is 5. The summed E-state index contributed by atoms with van der Waals surface area (Å²) in [5.41, 5.74) is 5.81. The molecule has 0 aliphatic carbocycles. The normalized spacial score (nSPS) is 11.7. The van der Waals surface area contributed by atoms with E-state index in [0.717, 1.165) is 5.69 Å². The van der Waals surface area contributed by atoms with Crippen molar-refractivity contribution in [3.63, 3.8) is 0 Å². The van der Waals surface area contributed by atoms with Crippen molar-refractivity contribution in [3.05, 3.63) is 30.3 Å². The van der Waals surface area contributed by atoms with Crippen LogP contribution in [0.2, 0.25) is 0 Å². The number of rotatable bonds is 9. The van der Waals surface area contributed by atoms with Gasteiger partial charge in [-0.1, -0.05) is 18.2 Å². The first-order valence-corrected chi connectivity index (χ1v) is 9.34. The Bertz CT molecular complexity index is 581. The Morgan fingerprint density at radius 3 is 2.40 bits per heavy atom. The van der Waals surface area contributed by atoms with E-state index >= 15 is 0 Å². The minimum atomic E-state index is -0.859. The smallest absolute Gasteiger partial charge is 0.329 e. The van der Waals surface area contributed by atoms with Crippen LogP contribution in [0.15, 0.2) is 30.3 Å². The molecule has 8 heteroatoms. The molecule has 1 atom stereocenters. The summed E-state index contributed by atoms with van der Waals surface area (Å²) in [6, 6.07) is 7.40. The molecule has 25 heavy (non-hydrogen) atoms. The average molecular weight is 367 g/mol. The Kier molecular flexibility index (Phi) is 8.83. The molecular formula is C17H25N3O4S. The first kappa shape index (κ1) is 20.8. The number of hydrogen-bond donors (Lipinski definition) is 2. The Balaban J connectivity index is 2.70. The van der Waals surface area contributed by atoms with Gasteiger partial charge in [0.2, 0.25) is 0 Å². The number of carbonyl (C=O) groups excluding carboxylic acids is 3. The fourth-order valence-electron chi connectivity index (χ4n) is 2.28. The molecule has 0 saturated carbocycles. The highest BCUT2D eigenvalue weighted by atomic mass is 32.2. The van der Waals surface area contributed by atoms with Gasteiger partial charge in [-0.3, -0.25) is 4.79 Å². The Labute approximate surface area is 152 Å². The van der Waals surface area contributed by atoms with Crippen LogP contribution in [0.1, 0.15) is 20.3 Å². The molecule has 1 rings (SSSR count). The summed E-state index contributed by atoms with van der Waals surface area (Å²) in [5.74, 6) is -0.355. The number of primary amides is 1. The van der Waals surface area contributed by atoms with Gasteiger partial charge >= 0.3 is 12.0 Å². The van der Waals surface area contributed by atoms with Gasteiger partial charge in [-0.2, -0.15) is 11.8 Å². The minimum Gasteiger partial charge on any atom is -0.454 e. The first-order chi connectivity index (χ1) is 11.9. The molecule has 138 valence electrons. The van der Waals surface area contributed by atoms with Crippen LogP contribution in [0.5, 0.6) is 0 Å². The Morgan fingerprint density at radius 2 is 1.88 bits per heavy atom. The lowest BCUT2D eigenvalue weighted by atomic mass is 10.2.